The maximum Gasteiger partial charge on any atom is 0.254 e. The molecule has 0 aliphatic heterocycles. The summed E-state index contributed by atoms with van der Waals surface area (Å²) in [5.41, 5.74) is 2.71. The number of hydrogen-bond donors (Lipinski definition) is 0. The van der Waals surface area contributed by atoms with Gasteiger partial charge in [-0.15, -0.1) is 11.3 Å². The number of aromatic nitrogens is 1. The molecule has 158 valence electrons. The van der Waals surface area contributed by atoms with Crippen LogP contribution >= 0.6 is 27.3 Å². The molecule has 0 fully saturated rings. The zero-order chi connectivity index (χ0) is 21.3. The normalized spacial score (nSPS) is 10.8. The van der Waals surface area contributed by atoms with Crippen molar-refractivity contribution in [2.24, 2.45) is 0 Å². The molecule has 0 spiro atoms. The zero-order valence-corrected chi connectivity index (χ0v) is 19.5. The summed E-state index contributed by atoms with van der Waals surface area (Å²) in [7, 11) is 1.67. The Morgan fingerprint density at radius 1 is 1.20 bits per heavy atom. The van der Waals surface area contributed by atoms with Crippen LogP contribution in [0, 0.1) is 6.92 Å². The molecule has 2 aromatic carbocycles. The number of ether oxygens (including phenoxy) is 2. The Morgan fingerprint density at radius 2 is 2.00 bits per heavy atom. The van der Waals surface area contributed by atoms with Crippen molar-refractivity contribution < 1.29 is 14.3 Å². The van der Waals surface area contributed by atoms with E-state index in [0.29, 0.717) is 31.9 Å². The van der Waals surface area contributed by atoms with Crippen molar-refractivity contribution in [1.82, 2.24) is 9.88 Å². The molecule has 1 aromatic heterocycles. The molecular weight excluding hydrogens is 464 g/mol. The average molecular weight is 489 g/mol. The Hall–Kier alpha value is -2.22. The van der Waals surface area contributed by atoms with E-state index in [2.05, 4.69) is 20.9 Å². The summed E-state index contributed by atoms with van der Waals surface area (Å²) in [6.45, 7) is 4.12. The Kier molecular flexibility index (Phi) is 8.42. The maximum absolute atomic E-state index is 13.1. The lowest BCUT2D eigenvalue weighted by Crippen LogP contribution is -2.32. The summed E-state index contributed by atoms with van der Waals surface area (Å²) in [5, 5.41) is 2.88. The van der Waals surface area contributed by atoms with Crippen LogP contribution in [0.1, 0.15) is 33.0 Å². The number of nitrogens with zero attached hydrogens (tertiary/aromatic N) is 2. The minimum absolute atomic E-state index is 0.0159. The number of amides is 1. The lowest BCUT2D eigenvalue weighted by atomic mass is 10.2. The third-order valence-corrected chi connectivity index (χ3v) is 5.84. The van der Waals surface area contributed by atoms with E-state index in [1.807, 2.05) is 65.7 Å². The van der Waals surface area contributed by atoms with Crippen molar-refractivity contribution >= 4 is 33.2 Å². The first-order valence-corrected chi connectivity index (χ1v) is 11.4. The zero-order valence-electron chi connectivity index (χ0n) is 17.1. The first-order chi connectivity index (χ1) is 14.5. The summed E-state index contributed by atoms with van der Waals surface area (Å²) in [5.74, 6) is 0.807. The molecule has 5 nitrogen and oxygen atoms in total. The van der Waals surface area contributed by atoms with Crippen LogP contribution in [0.15, 0.2) is 58.4 Å². The molecule has 0 atom stereocenters. The molecule has 3 aromatic rings. The number of rotatable bonds is 10. The topological polar surface area (TPSA) is 51.7 Å². The molecule has 0 saturated heterocycles. The van der Waals surface area contributed by atoms with Crippen LogP contribution in [0.4, 0.5) is 0 Å². The van der Waals surface area contributed by atoms with Crippen LogP contribution in [0.2, 0.25) is 0 Å². The molecule has 7 heteroatoms. The highest BCUT2D eigenvalue weighted by molar-refractivity contribution is 9.10. The van der Waals surface area contributed by atoms with Gasteiger partial charge in [0, 0.05) is 35.7 Å². The van der Waals surface area contributed by atoms with E-state index >= 15 is 0 Å². The molecule has 1 heterocycles. The molecule has 0 unspecified atom stereocenters. The van der Waals surface area contributed by atoms with Gasteiger partial charge in [-0.3, -0.25) is 4.79 Å². The first-order valence-electron chi connectivity index (χ1n) is 9.71. The fourth-order valence-electron chi connectivity index (χ4n) is 2.92. The van der Waals surface area contributed by atoms with Gasteiger partial charge >= 0.3 is 0 Å². The molecule has 3 rings (SSSR count). The summed E-state index contributed by atoms with van der Waals surface area (Å²) in [6, 6.07) is 15.4. The van der Waals surface area contributed by atoms with Gasteiger partial charge in [-0.05, 0) is 43.7 Å². The monoisotopic (exact) mass is 488 g/mol. The van der Waals surface area contributed by atoms with Crippen LogP contribution in [0.5, 0.6) is 5.75 Å². The van der Waals surface area contributed by atoms with Crippen LogP contribution in [0.25, 0.3) is 0 Å². The predicted octanol–water partition coefficient (Wildman–Crippen LogP) is 5.47. The molecule has 0 saturated carbocycles. The van der Waals surface area contributed by atoms with Gasteiger partial charge < -0.3 is 14.4 Å². The molecule has 0 aliphatic carbocycles. The van der Waals surface area contributed by atoms with Gasteiger partial charge in [0.15, 0.2) is 0 Å². The summed E-state index contributed by atoms with van der Waals surface area (Å²) < 4.78 is 11.9. The number of thiazole rings is 1. The van der Waals surface area contributed by atoms with Crippen molar-refractivity contribution in [3.63, 3.8) is 0 Å². The summed E-state index contributed by atoms with van der Waals surface area (Å²) in [6.07, 6.45) is 0.768. The molecule has 0 radical (unpaired) electrons. The van der Waals surface area contributed by atoms with Gasteiger partial charge in [-0.25, -0.2) is 4.98 Å². The van der Waals surface area contributed by atoms with Crippen molar-refractivity contribution in [2.45, 2.75) is 26.5 Å². The van der Waals surface area contributed by atoms with Crippen molar-refractivity contribution in [1.29, 1.82) is 0 Å². The third-order valence-electron chi connectivity index (χ3n) is 4.47. The molecule has 1 amide bonds. The highest BCUT2D eigenvalue weighted by Gasteiger charge is 2.18. The highest BCUT2D eigenvalue weighted by Crippen LogP contribution is 2.19. The second-order valence-corrected chi connectivity index (χ2v) is 8.78. The quantitative estimate of drug-likeness (QED) is 0.355. The van der Waals surface area contributed by atoms with Crippen LogP contribution < -0.4 is 4.74 Å². The van der Waals surface area contributed by atoms with E-state index in [1.54, 1.807) is 18.4 Å². The van der Waals surface area contributed by atoms with E-state index in [4.69, 9.17) is 9.47 Å². The van der Waals surface area contributed by atoms with Gasteiger partial charge in [0.2, 0.25) is 0 Å². The number of halogens is 1. The second-order valence-electron chi connectivity index (χ2n) is 6.92. The molecule has 0 bridgehead atoms. The van der Waals surface area contributed by atoms with Crippen LogP contribution in [0.3, 0.4) is 0 Å². The Labute approximate surface area is 189 Å². The third kappa shape index (κ3) is 6.65. The van der Waals surface area contributed by atoms with Crippen LogP contribution in [-0.4, -0.2) is 36.1 Å². The number of aryl methyl sites for hydroxylation is 1. The minimum atomic E-state index is -0.0159. The minimum Gasteiger partial charge on any atom is -0.486 e. The molecular formula is C23H25BrN2O3S. The molecule has 0 aliphatic rings. The Balaban J connectivity index is 1.65. The number of methoxy groups -OCH3 is 1. The predicted molar refractivity (Wildman–Crippen MR) is 123 cm³/mol. The average Bonchev–Trinajstić information content (AvgIpc) is 3.20. The smallest absolute Gasteiger partial charge is 0.254 e. The largest absolute Gasteiger partial charge is 0.486 e. The van der Waals surface area contributed by atoms with E-state index in [0.717, 1.165) is 27.3 Å². The second kappa shape index (κ2) is 11.2. The van der Waals surface area contributed by atoms with Crippen molar-refractivity contribution in [3.8, 4) is 5.75 Å². The van der Waals surface area contributed by atoms with Gasteiger partial charge in [-0.1, -0.05) is 39.7 Å². The van der Waals surface area contributed by atoms with Gasteiger partial charge in [0.1, 0.15) is 17.4 Å². The van der Waals surface area contributed by atoms with E-state index in [9.17, 15) is 4.79 Å². The molecule has 0 N–H and O–H groups in total. The number of hydrogen-bond acceptors (Lipinski definition) is 5. The van der Waals surface area contributed by atoms with E-state index in [-0.39, 0.29) is 5.91 Å². The first kappa shape index (κ1) is 22.5. The summed E-state index contributed by atoms with van der Waals surface area (Å²) in [4.78, 5) is 19.5. The van der Waals surface area contributed by atoms with Crippen LogP contribution in [-0.2, 0) is 17.9 Å². The Bertz CT molecular complexity index is 959. The number of benzene rings is 2. The van der Waals surface area contributed by atoms with Gasteiger partial charge in [-0.2, -0.15) is 0 Å². The molecule has 30 heavy (non-hydrogen) atoms. The fraction of sp³-hybridized carbons (Fsp3) is 0.304. The lowest BCUT2D eigenvalue weighted by Gasteiger charge is -2.22. The van der Waals surface area contributed by atoms with Gasteiger partial charge in [0.25, 0.3) is 5.91 Å². The lowest BCUT2D eigenvalue weighted by molar-refractivity contribution is 0.0721. The number of carbonyl (C=O) groups excluding carboxylic acids is 1. The number of carbonyl (C=O) groups is 1. The fourth-order valence-corrected chi connectivity index (χ4v) is 4.01. The Morgan fingerprint density at radius 3 is 2.73 bits per heavy atom. The van der Waals surface area contributed by atoms with Gasteiger partial charge in [0.05, 0.1) is 12.2 Å². The highest BCUT2D eigenvalue weighted by atomic mass is 79.9. The SMILES string of the molecule is COCCCN(Cc1csc(COc2ccc(C)cc2)n1)C(=O)c1cccc(Br)c1. The standard InChI is InChI=1S/C23H25BrN2O3S/c1-17-7-9-21(10-8-17)29-15-22-25-20(16-30-22)14-26(11-4-12-28-2)23(27)18-5-3-6-19(24)13-18/h3,5-10,13,16H,4,11-12,14-15H2,1-2H3. The van der Waals surface area contributed by atoms with E-state index < -0.39 is 0 Å². The maximum atomic E-state index is 13.1. The summed E-state index contributed by atoms with van der Waals surface area (Å²) >= 11 is 4.98. The van der Waals surface area contributed by atoms with Crippen molar-refractivity contribution in [2.75, 3.05) is 20.3 Å². The van der Waals surface area contributed by atoms with Crippen molar-refractivity contribution in [3.05, 3.63) is 80.2 Å². The van der Waals surface area contributed by atoms with E-state index in [1.165, 1.54) is 5.56 Å².